The molecule has 2 aliphatic heterocycles. The molecule has 2 aliphatic rings. The van der Waals surface area contributed by atoms with Gasteiger partial charge in [-0.2, -0.15) is 0 Å². The Labute approximate surface area is 169 Å². The summed E-state index contributed by atoms with van der Waals surface area (Å²) in [4.78, 5) is 46.2. The van der Waals surface area contributed by atoms with Crippen molar-refractivity contribution in [2.45, 2.75) is 71.4 Å². The maximum absolute atomic E-state index is 13.1. The van der Waals surface area contributed by atoms with Crippen LogP contribution in [0.5, 0.6) is 0 Å². The molecule has 2 aromatic rings. The predicted molar refractivity (Wildman–Crippen MR) is 108 cm³/mol. The zero-order valence-corrected chi connectivity index (χ0v) is 17.2. The quantitative estimate of drug-likeness (QED) is 0.853. The molecule has 1 N–H and O–H groups in total. The first-order valence-corrected chi connectivity index (χ1v) is 10.7. The molecular formula is C21H29N5O3. The lowest BCUT2D eigenvalue weighted by molar-refractivity contribution is -0.135. The Morgan fingerprint density at radius 2 is 2.03 bits per heavy atom. The third-order valence-corrected chi connectivity index (χ3v) is 6.08. The highest BCUT2D eigenvalue weighted by Crippen LogP contribution is 2.31. The van der Waals surface area contributed by atoms with E-state index in [0.717, 1.165) is 43.6 Å². The fraction of sp³-hybridized carbons (Fsp3) is 0.619. The molecule has 2 amide bonds. The average Bonchev–Trinajstić information content (AvgIpc) is 3.17. The second kappa shape index (κ2) is 8.00. The van der Waals surface area contributed by atoms with E-state index in [9.17, 15) is 14.4 Å². The standard InChI is InChI=1S/C21H29N5O3/c1-3-7-20(28)25-10-6-5-8-17(25)16-12-18-22-15-9-11-24(19(27)4-2)13-14(15)21(29)26(18)23-16/h12,17,23H,3-11,13H2,1-2H3. The number of amides is 2. The summed E-state index contributed by atoms with van der Waals surface area (Å²) in [6.45, 7) is 5.52. The number of piperidine rings is 1. The molecular weight excluding hydrogens is 370 g/mol. The fourth-order valence-electron chi connectivity index (χ4n) is 4.52. The van der Waals surface area contributed by atoms with Crippen LogP contribution < -0.4 is 5.56 Å². The molecule has 0 radical (unpaired) electrons. The molecule has 2 aromatic heterocycles. The minimum atomic E-state index is -0.146. The van der Waals surface area contributed by atoms with Crippen LogP contribution >= 0.6 is 0 Å². The van der Waals surface area contributed by atoms with Crippen LogP contribution in [0.3, 0.4) is 0 Å². The van der Waals surface area contributed by atoms with Gasteiger partial charge in [0, 0.05) is 38.4 Å². The second-order valence-corrected chi connectivity index (χ2v) is 8.01. The summed E-state index contributed by atoms with van der Waals surface area (Å²) in [5, 5.41) is 3.21. The minimum Gasteiger partial charge on any atom is -0.338 e. The van der Waals surface area contributed by atoms with Gasteiger partial charge < -0.3 is 9.80 Å². The molecule has 0 spiro atoms. The fourth-order valence-corrected chi connectivity index (χ4v) is 4.52. The summed E-state index contributed by atoms with van der Waals surface area (Å²) in [6.07, 6.45) is 5.36. The van der Waals surface area contributed by atoms with E-state index in [1.807, 2.05) is 24.8 Å². The van der Waals surface area contributed by atoms with E-state index in [-0.39, 0.29) is 23.4 Å². The SMILES string of the molecule is CCCC(=O)N1CCCCC1c1cc2nc3c(c(=O)n2[nH]1)CN(C(=O)CC)CC3. The molecule has 1 unspecified atom stereocenters. The number of fused-ring (bicyclic) bond motifs is 2. The van der Waals surface area contributed by atoms with Crippen molar-refractivity contribution in [3.8, 4) is 0 Å². The number of aromatic amines is 1. The van der Waals surface area contributed by atoms with Crippen molar-refractivity contribution in [1.29, 1.82) is 0 Å². The van der Waals surface area contributed by atoms with E-state index in [1.165, 1.54) is 4.52 Å². The smallest absolute Gasteiger partial charge is 0.277 e. The number of rotatable bonds is 4. The second-order valence-electron chi connectivity index (χ2n) is 8.01. The highest BCUT2D eigenvalue weighted by molar-refractivity contribution is 5.77. The number of nitrogens with one attached hydrogen (secondary N) is 1. The largest absolute Gasteiger partial charge is 0.338 e. The van der Waals surface area contributed by atoms with Crippen molar-refractivity contribution in [2.75, 3.05) is 13.1 Å². The first-order chi connectivity index (χ1) is 14.0. The van der Waals surface area contributed by atoms with Gasteiger partial charge in [-0.1, -0.05) is 13.8 Å². The summed E-state index contributed by atoms with van der Waals surface area (Å²) in [5.41, 5.74) is 2.68. The Balaban J connectivity index is 1.70. The molecule has 8 nitrogen and oxygen atoms in total. The number of nitrogens with zero attached hydrogens (tertiary/aromatic N) is 4. The first kappa shape index (κ1) is 19.7. The van der Waals surface area contributed by atoms with Gasteiger partial charge in [0.2, 0.25) is 11.8 Å². The van der Waals surface area contributed by atoms with Gasteiger partial charge in [-0.05, 0) is 25.7 Å². The molecule has 156 valence electrons. The number of hydrogen-bond acceptors (Lipinski definition) is 4. The Bertz CT molecular complexity index is 992. The maximum atomic E-state index is 13.1. The molecule has 4 heterocycles. The summed E-state index contributed by atoms with van der Waals surface area (Å²) in [5.74, 6) is 0.226. The lowest BCUT2D eigenvalue weighted by Gasteiger charge is -2.35. The highest BCUT2D eigenvalue weighted by atomic mass is 16.2. The van der Waals surface area contributed by atoms with Gasteiger partial charge in [0.05, 0.1) is 29.5 Å². The summed E-state index contributed by atoms with van der Waals surface area (Å²) in [7, 11) is 0. The lowest BCUT2D eigenvalue weighted by Crippen LogP contribution is -2.40. The normalized spacial score (nSPS) is 19.4. The summed E-state index contributed by atoms with van der Waals surface area (Å²) in [6, 6.07) is 1.87. The van der Waals surface area contributed by atoms with Crippen LogP contribution in [-0.2, 0) is 22.6 Å². The van der Waals surface area contributed by atoms with Gasteiger partial charge in [0.15, 0.2) is 5.65 Å². The van der Waals surface area contributed by atoms with Gasteiger partial charge in [-0.3, -0.25) is 19.5 Å². The van der Waals surface area contributed by atoms with E-state index in [0.29, 0.717) is 43.6 Å². The number of carbonyl (C=O) groups is 2. The van der Waals surface area contributed by atoms with Crippen LogP contribution in [0, 0.1) is 0 Å². The van der Waals surface area contributed by atoms with Crippen LogP contribution in [-0.4, -0.2) is 49.3 Å². The lowest BCUT2D eigenvalue weighted by atomic mass is 9.98. The van der Waals surface area contributed by atoms with Gasteiger partial charge in [-0.15, -0.1) is 0 Å². The van der Waals surface area contributed by atoms with Crippen molar-refractivity contribution < 1.29 is 9.59 Å². The van der Waals surface area contributed by atoms with Crippen molar-refractivity contribution in [2.24, 2.45) is 0 Å². The van der Waals surface area contributed by atoms with Crippen LogP contribution in [0.2, 0.25) is 0 Å². The van der Waals surface area contributed by atoms with E-state index in [4.69, 9.17) is 4.98 Å². The summed E-state index contributed by atoms with van der Waals surface area (Å²) >= 11 is 0. The van der Waals surface area contributed by atoms with Crippen molar-refractivity contribution in [3.63, 3.8) is 0 Å². The van der Waals surface area contributed by atoms with Crippen LogP contribution in [0.15, 0.2) is 10.9 Å². The Morgan fingerprint density at radius 3 is 2.79 bits per heavy atom. The third kappa shape index (κ3) is 3.56. The van der Waals surface area contributed by atoms with Gasteiger partial charge in [-0.25, -0.2) is 9.50 Å². The third-order valence-electron chi connectivity index (χ3n) is 6.08. The van der Waals surface area contributed by atoms with E-state index in [1.54, 1.807) is 4.90 Å². The molecule has 0 aromatic carbocycles. The molecule has 0 bridgehead atoms. The predicted octanol–water partition coefficient (Wildman–Crippen LogP) is 2.17. The number of hydrogen-bond donors (Lipinski definition) is 1. The van der Waals surface area contributed by atoms with Gasteiger partial charge in [0.25, 0.3) is 5.56 Å². The monoisotopic (exact) mass is 399 g/mol. The molecule has 0 saturated carbocycles. The van der Waals surface area contributed by atoms with Crippen LogP contribution in [0.1, 0.15) is 75.4 Å². The highest BCUT2D eigenvalue weighted by Gasteiger charge is 2.30. The molecule has 0 aliphatic carbocycles. The number of H-pyrrole nitrogens is 1. The zero-order valence-electron chi connectivity index (χ0n) is 17.2. The number of aromatic nitrogens is 3. The molecule has 8 heteroatoms. The molecule has 1 saturated heterocycles. The maximum Gasteiger partial charge on any atom is 0.277 e. The van der Waals surface area contributed by atoms with Gasteiger partial charge >= 0.3 is 0 Å². The van der Waals surface area contributed by atoms with Crippen molar-refractivity contribution in [1.82, 2.24) is 24.4 Å². The Kier molecular flexibility index (Phi) is 5.43. The molecule has 1 fully saturated rings. The molecule has 4 rings (SSSR count). The van der Waals surface area contributed by atoms with Crippen molar-refractivity contribution >= 4 is 17.5 Å². The van der Waals surface area contributed by atoms with E-state index < -0.39 is 0 Å². The van der Waals surface area contributed by atoms with E-state index >= 15 is 0 Å². The minimum absolute atomic E-state index is 0.0425. The van der Waals surface area contributed by atoms with Crippen LogP contribution in [0.25, 0.3) is 5.65 Å². The zero-order chi connectivity index (χ0) is 20.5. The summed E-state index contributed by atoms with van der Waals surface area (Å²) < 4.78 is 1.48. The molecule has 29 heavy (non-hydrogen) atoms. The Morgan fingerprint density at radius 1 is 1.21 bits per heavy atom. The first-order valence-electron chi connectivity index (χ1n) is 10.7. The Hall–Kier alpha value is -2.64. The van der Waals surface area contributed by atoms with Gasteiger partial charge in [0.1, 0.15) is 0 Å². The van der Waals surface area contributed by atoms with E-state index in [2.05, 4.69) is 5.10 Å². The number of likely N-dealkylation sites (tertiary alicyclic amines) is 1. The van der Waals surface area contributed by atoms with Crippen LogP contribution in [0.4, 0.5) is 0 Å². The topological polar surface area (TPSA) is 90.8 Å². The van der Waals surface area contributed by atoms with Crippen molar-refractivity contribution in [3.05, 3.63) is 33.4 Å². The molecule has 1 atom stereocenters. The number of carbonyl (C=O) groups excluding carboxylic acids is 2. The average molecular weight is 399 g/mol.